The van der Waals surface area contributed by atoms with E-state index in [1.807, 2.05) is 6.07 Å². The highest BCUT2D eigenvalue weighted by Crippen LogP contribution is 2.17. The first-order valence-corrected chi connectivity index (χ1v) is 7.72. The van der Waals surface area contributed by atoms with Crippen molar-refractivity contribution in [3.63, 3.8) is 0 Å². The fraction of sp³-hybridized carbons (Fsp3) is 0.533. The van der Waals surface area contributed by atoms with E-state index in [0.717, 1.165) is 57.2 Å². The van der Waals surface area contributed by atoms with Crippen molar-refractivity contribution in [3.05, 3.63) is 30.1 Å². The molecule has 1 saturated heterocycles. The zero-order valence-electron chi connectivity index (χ0n) is 11.6. The number of fused-ring (bicyclic) bond motifs is 1. The molecule has 0 amide bonds. The Hall–Kier alpha value is -1.10. The maximum Gasteiger partial charge on any atom is 0.111 e. The summed E-state index contributed by atoms with van der Waals surface area (Å²) in [5.41, 5.74) is 2.27. The normalized spacial score (nSPS) is 16.9. The van der Waals surface area contributed by atoms with Gasteiger partial charge in [-0.1, -0.05) is 12.1 Å². The van der Waals surface area contributed by atoms with Gasteiger partial charge >= 0.3 is 0 Å². The molecule has 5 heteroatoms. The molecular weight excluding hydrogens is 274 g/mol. The fourth-order valence-electron chi connectivity index (χ4n) is 2.72. The topological polar surface area (TPSA) is 30.3 Å². The number of benzene rings is 1. The van der Waals surface area contributed by atoms with Crippen LogP contribution in [0.15, 0.2) is 24.3 Å². The Labute approximate surface area is 124 Å². The highest BCUT2D eigenvalue weighted by Gasteiger charge is 2.13. The van der Waals surface area contributed by atoms with Crippen LogP contribution >= 0.6 is 11.6 Å². The number of hydrogen-bond donors (Lipinski definition) is 0. The molecule has 3 rings (SSSR count). The van der Waals surface area contributed by atoms with Gasteiger partial charge in [-0.25, -0.2) is 4.98 Å². The lowest BCUT2D eigenvalue weighted by atomic mass is 10.3. The molecule has 1 aromatic heterocycles. The van der Waals surface area contributed by atoms with Gasteiger partial charge in [-0.2, -0.15) is 0 Å². The van der Waals surface area contributed by atoms with Gasteiger partial charge in [-0.15, -0.1) is 11.6 Å². The second-order valence-corrected chi connectivity index (χ2v) is 5.44. The van der Waals surface area contributed by atoms with E-state index in [4.69, 9.17) is 21.3 Å². The van der Waals surface area contributed by atoms with Crippen LogP contribution in [0.4, 0.5) is 0 Å². The number of para-hydroxylation sites is 2. The van der Waals surface area contributed by atoms with E-state index < -0.39 is 0 Å². The van der Waals surface area contributed by atoms with Crippen molar-refractivity contribution in [1.82, 2.24) is 14.5 Å². The van der Waals surface area contributed by atoms with Gasteiger partial charge in [0.05, 0.1) is 24.2 Å². The van der Waals surface area contributed by atoms with Gasteiger partial charge in [0.1, 0.15) is 5.82 Å². The summed E-state index contributed by atoms with van der Waals surface area (Å²) in [6, 6.07) is 8.31. The summed E-state index contributed by atoms with van der Waals surface area (Å²) in [5.74, 6) is 1.70. The van der Waals surface area contributed by atoms with Gasteiger partial charge in [0.15, 0.2) is 0 Å². The van der Waals surface area contributed by atoms with Crippen molar-refractivity contribution in [2.75, 3.05) is 38.7 Å². The van der Waals surface area contributed by atoms with Crippen molar-refractivity contribution in [1.29, 1.82) is 0 Å². The van der Waals surface area contributed by atoms with E-state index in [0.29, 0.717) is 5.88 Å². The molecule has 2 aromatic rings. The third-order valence-corrected chi connectivity index (χ3v) is 3.98. The summed E-state index contributed by atoms with van der Waals surface area (Å²) >= 11 is 5.90. The van der Waals surface area contributed by atoms with Crippen LogP contribution in [-0.4, -0.2) is 53.2 Å². The Balaban J connectivity index is 1.79. The third kappa shape index (κ3) is 2.97. The molecule has 1 fully saturated rings. The van der Waals surface area contributed by atoms with Gasteiger partial charge in [-0.3, -0.25) is 4.90 Å². The van der Waals surface area contributed by atoms with Crippen LogP contribution in [0, 0.1) is 0 Å². The minimum Gasteiger partial charge on any atom is -0.379 e. The standard InChI is InChI=1S/C15H20ClN3O/c16-6-5-15-17-13-3-1-2-4-14(13)19(15)8-7-18-9-11-20-12-10-18/h1-4H,5-12H2. The van der Waals surface area contributed by atoms with Crippen LogP contribution in [0.1, 0.15) is 5.82 Å². The van der Waals surface area contributed by atoms with E-state index in [9.17, 15) is 0 Å². The average Bonchev–Trinajstić information content (AvgIpc) is 2.84. The zero-order valence-corrected chi connectivity index (χ0v) is 12.4. The summed E-state index contributed by atoms with van der Waals surface area (Å²) in [5, 5.41) is 0. The number of rotatable bonds is 5. The Kier molecular flexibility index (Phi) is 4.55. The van der Waals surface area contributed by atoms with Crippen LogP contribution in [0.5, 0.6) is 0 Å². The average molecular weight is 294 g/mol. The van der Waals surface area contributed by atoms with Gasteiger partial charge in [0.25, 0.3) is 0 Å². The van der Waals surface area contributed by atoms with Gasteiger partial charge in [0.2, 0.25) is 0 Å². The number of ether oxygens (including phenoxy) is 1. The Bertz CT molecular complexity index is 563. The van der Waals surface area contributed by atoms with Crippen LogP contribution in [-0.2, 0) is 17.7 Å². The lowest BCUT2D eigenvalue weighted by molar-refractivity contribution is 0.0364. The van der Waals surface area contributed by atoms with Crippen molar-refractivity contribution in [2.45, 2.75) is 13.0 Å². The zero-order chi connectivity index (χ0) is 13.8. The predicted molar refractivity (Wildman–Crippen MR) is 81.4 cm³/mol. The third-order valence-electron chi connectivity index (χ3n) is 3.80. The Morgan fingerprint density at radius 1 is 1.15 bits per heavy atom. The summed E-state index contributed by atoms with van der Waals surface area (Å²) in [4.78, 5) is 7.15. The molecular formula is C15H20ClN3O. The van der Waals surface area contributed by atoms with Crippen LogP contribution in [0.3, 0.4) is 0 Å². The number of nitrogens with zero attached hydrogens (tertiary/aromatic N) is 3. The fourth-order valence-corrected chi connectivity index (χ4v) is 2.89. The molecule has 0 N–H and O–H groups in total. The molecule has 0 unspecified atom stereocenters. The molecule has 20 heavy (non-hydrogen) atoms. The second kappa shape index (κ2) is 6.57. The second-order valence-electron chi connectivity index (χ2n) is 5.06. The van der Waals surface area contributed by atoms with E-state index in [1.54, 1.807) is 0 Å². The minimum atomic E-state index is 0.612. The molecule has 0 saturated carbocycles. The number of aryl methyl sites for hydroxylation is 1. The smallest absolute Gasteiger partial charge is 0.111 e. The van der Waals surface area contributed by atoms with Crippen LogP contribution < -0.4 is 0 Å². The maximum atomic E-state index is 5.90. The van der Waals surface area contributed by atoms with Gasteiger partial charge in [-0.05, 0) is 12.1 Å². The summed E-state index contributed by atoms with van der Waals surface area (Å²) in [7, 11) is 0. The molecule has 0 atom stereocenters. The van der Waals surface area contributed by atoms with Crippen molar-refractivity contribution in [3.8, 4) is 0 Å². The Morgan fingerprint density at radius 2 is 1.95 bits per heavy atom. The first kappa shape index (κ1) is 13.9. The quantitative estimate of drug-likeness (QED) is 0.792. The Morgan fingerprint density at radius 3 is 2.75 bits per heavy atom. The van der Waals surface area contributed by atoms with Crippen molar-refractivity contribution < 1.29 is 4.74 Å². The molecule has 2 heterocycles. The molecule has 0 radical (unpaired) electrons. The molecule has 0 aliphatic carbocycles. The number of alkyl halides is 1. The van der Waals surface area contributed by atoms with E-state index in [1.165, 1.54) is 5.52 Å². The van der Waals surface area contributed by atoms with Crippen LogP contribution in [0.25, 0.3) is 11.0 Å². The van der Waals surface area contributed by atoms with E-state index >= 15 is 0 Å². The lowest BCUT2D eigenvalue weighted by Gasteiger charge is -2.27. The van der Waals surface area contributed by atoms with E-state index in [-0.39, 0.29) is 0 Å². The molecule has 1 aliphatic heterocycles. The lowest BCUT2D eigenvalue weighted by Crippen LogP contribution is -2.38. The van der Waals surface area contributed by atoms with Gasteiger partial charge < -0.3 is 9.30 Å². The molecule has 0 bridgehead atoms. The largest absolute Gasteiger partial charge is 0.379 e. The number of hydrogen-bond acceptors (Lipinski definition) is 3. The monoisotopic (exact) mass is 293 g/mol. The van der Waals surface area contributed by atoms with E-state index in [2.05, 4.69) is 27.7 Å². The number of imidazole rings is 1. The SMILES string of the molecule is ClCCc1nc2ccccc2n1CCN1CCOCC1. The first-order chi connectivity index (χ1) is 9.88. The summed E-state index contributed by atoms with van der Waals surface area (Å²) in [6.45, 7) is 5.75. The maximum absolute atomic E-state index is 5.90. The van der Waals surface area contributed by atoms with Crippen molar-refractivity contribution >= 4 is 22.6 Å². The number of aromatic nitrogens is 2. The minimum absolute atomic E-state index is 0.612. The predicted octanol–water partition coefficient (Wildman–Crippen LogP) is 2.15. The molecule has 4 nitrogen and oxygen atoms in total. The highest BCUT2D eigenvalue weighted by atomic mass is 35.5. The number of morpholine rings is 1. The number of halogens is 1. The highest BCUT2D eigenvalue weighted by molar-refractivity contribution is 6.17. The summed E-state index contributed by atoms with van der Waals surface area (Å²) in [6.07, 6.45) is 0.819. The van der Waals surface area contributed by atoms with Crippen molar-refractivity contribution in [2.24, 2.45) is 0 Å². The van der Waals surface area contributed by atoms with Gasteiger partial charge in [0, 0.05) is 38.5 Å². The molecule has 0 spiro atoms. The molecule has 1 aliphatic rings. The molecule has 1 aromatic carbocycles. The summed E-state index contributed by atoms with van der Waals surface area (Å²) < 4.78 is 7.70. The molecule has 108 valence electrons. The first-order valence-electron chi connectivity index (χ1n) is 7.18. The van der Waals surface area contributed by atoms with Crippen LogP contribution in [0.2, 0.25) is 0 Å².